The molecule has 3 unspecified atom stereocenters. The van der Waals surface area contributed by atoms with Crippen LogP contribution in [-0.4, -0.2) is 63.0 Å². The van der Waals surface area contributed by atoms with Crippen LogP contribution in [0.15, 0.2) is 77.4 Å². The number of ether oxygens (including phenoxy) is 1. The van der Waals surface area contributed by atoms with Gasteiger partial charge in [-0.25, -0.2) is 4.98 Å². The van der Waals surface area contributed by atoms with E-state index in [-0.39, 0.29) is 5.92 Å². The minimum absolute atomic E-state index is 0.0907. The topological polar surface area (TPSA) is 139 Å². The number of aliphatic carboxylic acids is 1. The third-order valence-electron chi connectivity index (χ3n) is 8.52. The van der Waals surface area contributed by atoms with Gasteiger partial charge >= 0.3 is 5.97 Å². The number of aliphatic imine (C=N–C) groups is 1. The van der Waals surface area contributed by atoms with E-state index in [2.05, 4.69) is 18.7 Å². The number of hydrogen-bond donors (Lipinski definition) is 3. The summed E-state index contributed by atoms with van der Waals surface area (Å²) in [6.45, 7) is 9.47. The lowest BCUT2D eigenvalue weighted by Gasteiger charge is -2.36. The van der Waals surface area contributed by atoms with Crippen LogP contribution in [-0.2, 0) is 16.1 Å². The Morgan fingerprint density at radius 1 is 1.13 bits per heavy atom. The van der Waals surface area contributed by atoms with Gasteiger partial charge < -0.3 is 25.6 Å². The maximum absolute atomic E-state index is 11.6. The fourth-order valence-electron chi connectivity index (χ4n) is 6.17. The molecule has 1 saturated heterocycles. The SMILES string of the molecule is COC1CN(c2ccc(N=C(C)/C(=C(\N)c3cccc4nn(CC(O)c5ccccc5)cc34)C(C)C)c(C)n2)CCC1C(=O)O. The normalized spacial score (nSPS) is 18.7. The Balaban J connectivity index is 1.42. The van der Waals surface area contributed by atoms with Crippen molar-refractivity contribution in [1.29, 1.82) is 0 Å². The first-order valence-electron chi connectivity index (χ1n) is 15.3. The van der Waals surface area contributed by atoms with E-state index in [1.807, 2.05) is 80.7 Å². The molecule has 10 heteroatoms. The first-order valence-corrected chi connectivity index (χ1v) is 15.3. The van der Waals surface area contributed by atoms with Crippen LogP contribution in [0.1, 0.15) is 50.1 Å². The number of aliphatic hydroxyl groups is 1. The smallest absolute Gasteiger partial charge is 0.309 e. The van der Waals surface area contributed by atoms with Crippen molar-refractivity contribution in [3.63, 3.8) is 0 Å². The monoisotopic (exact) mass is 610 g/mol. The number of pyridine rings is 1. The zero-order valence-electron chi connectivity index (χ0n) is 26.5. The van der Waals surface area contributed by atoms with Crippen LogP contribution in [0, 0.1) is 18.8 Å². The maximum Gasteiger partial charge on any atom is 0.309 e. The molecule has 3 atom stereocenters. The van der Waals surface area contributed by atoms with Crippen molar-refractivity contribution in [2.75, 3.05) is 25.1 Å². The number of carbonyl (C=O) groups is 1. The fraction of sp³-hybridized carbons (Fsp3) is 0.371. The molecule has 236 valence electrons. The lowest BCUT2D eigenvalue weighted by atomic mass is 9.92. The summed E-state index contributed by atoms with van der Waals surface area (Å²) in [5.74, 6) is -0.485. The molecular weight excluding hydrogens is 568 g/mol. The van der Waals surface area contributed by atoms with E-state index in [9.17, 15) is 15.0 Å². The van der Waals surface area contributed by atoms with E-state index < -0.39 is 24.1 Å². The number of aryl methyl sites for hydroxylation is 1. The molecule has 4 aromatic rings. The van der Waals surface area contributed by atoms with Gasteiger partial charge in [0.1, 0.15) is 5.82 Å². The van der Waals surface area contributed by atoms with Crippen molar-refractivity contribution in [3.8, 4) is 0 Å². The quantitative estimate of drug-likeness (QED) is 0.200. The molecular formula is C35H42N6O4. The number of carboxylic acid groups (broad SMARTS) is 1. The molecule has 0 saturated carbocycles. The molecule has 5 rings (SSSR count). The van der Waals surface area contributed by atoms with Gasteiger partial charge in [-0.05, 0) is 55.5 Å². The van der Waals surface area contributed by atoms with Gasteiger partial charge in [0.05, 0.1) is 41.6 Å². The number of anilines is 1. The van der Waals surface area contributed by atoms with Gasteiger partial charge in [0, 0.05) is 48.8 Å². The molecule has 0 bridgehead atoms. The van der Waals surface area contributed by atoms with Gasteiger partial charge in [-0.1, -0.05) is 56.3 Å². The van der Waals surface area contributed by atoms with Crippen LogP contribution < -0.4 is 10.6 Å². The van der Waals surface area contributed by atoms with Crippen LogP contribution in [0.4, 0.5) is 11.5 Å². The van der Waals surface area contributed by atoms with Gasteiger partial charge in [-0.3, -0.25) is 14.5 Å². The number of carboxylic acids is 1. The van der Waals surface area contributed by atoms with Gasteiger partial charge in [0.15, 0.2) is 0 Å². The average Bonchev–Trinajstić information content (AvgIpc) is 3.44. The Kier molecular flexibility index (Phi) is 9.65. The van der Waals surface area contributed by atoms with Crippen LogP contribution in [0.5, 0.6) is 0 Å². The van der Waals surface area contributed by atoms with E-state index in [1.165, 1.54) is 0 Å². The predicted molar refractivity (Wildman–Crippen MR) is 178 cm³/mol. The third-order valence-corrected chi connectivity index (χ3v) is 8.52. The molecule has 4 N–H and O–H groups in total. The number of fused-ring (bicyclic) bond motifs is 1. The zero-order valence-corrected chi connectivity index (χ0v) is 26.5. The van der Waals surface area contributed by atoms with Crippen molar-refractivity contribution in [3.05, 3.63) is 89.3 Å². The lowest BCUT2D eigenvalue weighted by molar-refractivity contribution is -0.147. The third kappa shape index (κ3) is 6.92. The maximum atomic E-state index is 11.6. The Hall–Kier alpha value is -4.54. The second kappa shape index (κ2) is 13.6. The van der Waals surface area contributed by atoms with E-state index in [4.69, 9.17) is 25.5 Å². The van der Waals surface area contributed by atoms with Crippen molar-refractivity contribution >= 4 is 39.8 Å². The number of allylic oxidation sites excluding steroid dienone is 1. The van der Waals surface area contributed by atoms with Crippen LogP contribution in [0.25, 0.3) is 16.6 Å². The number of aromatic nitrogens is 3. The van der Waals surface area contributed by atoms with Gasteiger partial charge in [0.2, 0.25) is 0 Å². The van der Waals surface area contributed by atoms with E-state index >= 15 is 0 Å². The summed E-state index contributed by atoms with van der Waals surface area (Å²) in [6, 6.07) is 19.3. The van der Waals surface area contributed by atoms with E-state index in [0.29, 0.717) is 31.8 Å². The zero-order chi connectivity index (χ0) is 32.2. The van der Waals surface area contributed by atoms with Gasteiger partial charge in [-0.15, -0.1) is 0 Å². The first kappa shape index (κ1) is 31.9. The van der Waals surface area contributed by atoms with Crippen molar-refractivity contribution in [2.45, 2.75) is 52.9 Å². The number of piperidine rings is 1. The summed E-state index contributed by atoms with van der Waals surface area (Å²) < 4.78 is 7.26. The highest BCUT2D eigenvalue weighted by Gasteiger charge is 2.34. The molecule has 0 amide bonds. The lowest BCUT2D eigenvalue weighted by Crippen LogP contribution is -2.47. The second-order valence-electron chi connectivity index (χ2n) is 11.9. The summed E-state index contributed by atoms with van der Waals surface area (Å²) in [5.41, 5.74) is 13.3. The van der Waals surface area contributed by atoms with Crippen molar-refractivity contribution < 1.29 is 19.7 Å². The van der Waals surface area contributed by atoms with Crippen LogP contribution in [0.2, 0.25) is 0 Å². The van der Waals surface area contributed by atoms with E-state index in [1.54, 1.807) is 11.8 Å². The Morgan fingerprint density at radius 2 is 1.89 bits per heavy atom. The average molecular weight is 611 g/mol. The summed E-state index contributed by atoms with van der Waals surface area (Å²) in [7, 11) is 1.55. The largest absolute Gasteiger partial charge is 0.481 e. The molecule has 0 radical (unpaired) electrons. The molecule has 1 aliphatic heterocycles. The Labute approximate surface area is 263 Å². The molecule has 45 heavy (non-hydrogen) atoms. The minimum Gasteiger partial charge on any atom is -0.481 e. The standard InChI is InChI=1S/C35H42N6O4/c1-21(2)33(23(4)37-28-14-15-32(38-22(28)3)40-17-16-26(35(43)44)31(20-40)45-5)34(36)25-12-9-13-29-27(25)18-41(39-29)19-30(42)24-10-7-6-8-11-24/h6-15,18,21,26,30-31,42H,16-17,19-20,36H2,1-5H3,(H,43,44)/b34-33-,37-23?. The summed E-state index contributed by atoms with van der Waals surface area (Å²) >= 11 is 0. The number of hydrogen-bond acceptors (Lipinski definition) is 8. The number of benzene rings is 2. The highest BCUT2D eigenvalue weighted by Crippen LogP contribution is 2.31. The van der Waals surface area contributed by atoms with Gasteiger partial charge in [0.25, 0.3) is 0 Å². The molecule has 3 heterocycles. The predicted octanol–water partition coefficient (Wildman–Crippen LogP) is 5.52. The molecule has 2 aromatic carbocycles. The first-order chi connectivity index (χ1) is 21.6. The fourth-order valence-corrected chi connectivity index (χ4v) is 6.17. The van der Waals surface area contributed by atoms with Crippen LogP contribution in [0.3, 0.4) is 0 Å². The molecule has 0 spiro atoms. The number of rotatable bonds is 10. The number of methoxy groups -OCH3 is 1. The molecule has 10 nitrogen and oxygen atoms in total. The molecule has 1 aliphatic rings. The van der Waals surface area contributed by atoms with Crippen molar-refractivity contribution in [1.82, 2.24) is 14.8 Å². The Bertz CT molecular complexity index is 1730. The minimum atomic E-state index is -0.828. The second-order valence-corrected chi connectivity index (χ2v) is 11.9. The summed E-state index contributed by atoms with van der Waals surface area (Å²) in [4.78, 5) is 23.5. The summed E-state index contributed by atoms with van der Waals surface area (Å²) in [6.07, 6.45) is 1.35. The molecule has 2 aromatic heterocycles. The van der Waals surface area contributed by atoms with Crippen LogP contribution >= 0.6 is 0 Å². The van der Waals surface area contributed by atoms with Crippen molar-refractivity contribution in [2.24, 2.45) is 22.6 Å². The van der Waals surface area contributed by atoms with E-state index in [0.717, 1.165) is 50.5 Å². The highest BCUT2D eigenvalue weighted by atomic mass is 16.5. The molecule has 1 fully saturated rings. The number of nitrogens with two attached hydrogens (primary N) is 1. The number of aliphatic hydroxyl groups excluding tert-OH is 1. The number of nitrogens with zero attached hydrogens (tertiary/aromatic N) is 5. The highest BCUT2D eigenvalue weighted by molar-refractivity contribution is 6.08. The summed E-state index contributed by atoms with van der Waals surface area (Å²) in [5, 5.41) is 25.9. The molecule has 0 aliphatic carbocycles. The van der Waals surface area contributed by atoms with Gasteiger partial charge in [-0.2, -0.15) is 5.10 Å². The Morgan fingerprint density at radius 3 is 2.56 bits per heavy atom.